The van der Waals surface area contributed by atoms with Crippen molar-refractivity contribution < 1.29 is 4.39 Å². The minimum absolute atomic E-state index is 0.00974. The first kappa shape index (κ1) is 26.2. The molecule has 2 aromatic rings. The Morgan fingerprint density at radius 2 is 1.49 bits per heavy atom. The van der Waals surface area contributed by atoms with E-state index in [1.807, 2.05) is 19.1 Å². The molecule has 0 heterocycles. The van der Waals surface area contributed by atoms with E-state index in [0.29, 0.717) is 5.92 Å². The van der Waals surface area contributed by atoms with Crippen LogP contribution in [0.2, 0.25) is 0 Å². The number of rotatable bonds is 10. The molecule has 0 spiro atoms. The van der Waals surface area contributed by atoms with Crippen LogP contribution in [0.1, 0.15) is 107 Å². The summed E-state index contributed by atoms with van der Waals surface area (Å²) in [5, 5.41) is 0. The molecule has 0 nitrogen and oxygen atoms in total. The van der Waals surface area contributed by atoms with E-state index in [2.05, 4.69) is 49.4 Å². The highest BCUT2D eigenvalue weighted by atomic mass is 19.1. The first-order chi connectivity index (χ1) is 17.1. The van der Waals surface area contributed by atoms with Gasteiger partial charge in [0.05, 0.1) is 0 Å². The molecular weight excluding hydrogens is 427 g/mol. The topological polar surface area (TPSA) is 0 Å². The van der Waals surface area contributed by atoms with Gasteiger partial charge in [0.2, 0.25) is 0 Å². The minimum atomic E-state index is -0.00974. The molecule has 190 valence electrons. The predicted octanol–water partition coefficient (Wildman–Crippen LogP) is 10.1. The monoisotopic (exact) mass is 474 g/mol. The van der Waals surface area contributed by atoms with Crippen molar-refractivity contribution in [1.29, 1.82) is 0 Å². The van der Waals surface area contributed by atoms with Gasteiger partial charge in [0.25, 0.3) is 0 Å². The summed E-state index contributed by atoms with van der Waals surface area (Å²) in [6, 6.07) is 17.1. The molecule has 2 aromatic carbocycles. The van der Waals surface area contributed by atoms with Crippen molar-refractivity contribution in [3.8, 4) is 0 Å². The van der Waals surface area contributed by atoms with Crippen LogP contribution in [0.4, 0.5) is 4.39 Å². The lowest BCUT2D eigenvalue weighted by Crippen LogP contribution is -2.26. The Hall–Kier alpha value is -1.89. The quantitative estimate of drug-likeness (QED) is 0.300. The Morgan fingerprint density at radius 1 is 0.829 bits per heavy atom. The highest BCUT2D eigenvalue weighted by Crippen LogP contribution is 2.44. The third kappa shape index (κ3) is 7.80. The molecule has 2 saturated carbocycles. The second-order valence-electron chi connectivity index (χ2n) is 11.7. The number of allylic oxidation sites excluding steroid dienone is 2. The molecule has 4 rings (SSSR count). The fraction of sp³-hybridized carbons (Fsp3) is 0.588. The molecule has 0 aromatic heterocycles. The van der Waals surface area contributed by atoms with Crippen molar-refractivity contribution in [2.75, 3.05) is 0 Å². The van der Waals surface area contributed by atoms with Crippen molar-refractivity contribution in [3.63, 3.8) is 0 Å². The molecule has 0 saturated heterocycles. The van der Waals surface area contributed by atoms with Gasteiger partial charge in [0.15, 0.2) is 0 Å². The summed E-state index contributed by atoms with van der Waals surface area (Å²) in [5.41, 5.74) is 3.55. The van der Waals surface area contributed by atoms with E-state index in [1.54, 1.807) is 6.07 Å². The van der Waals surface area contributed by atoms with Crippen molar-refractivity contribution in [3.05, 3.63) is 83.2 Å². The van der Waals surface area contributed by atoms with Crippen LogP contribution in [-0.4, -0.2) is 0 Å². The summed E-state index contributed by atoms with van der Waals surface area (Å²) >= 11 is 0. The summed E-state index contributed by atoms with van der Waals surface area (Å²) in [6.07, 6.45) is 20.9. The Labute approximate surface area is 214 Å². The van der Waals surface area contributed by atoms with Crippen molar-refractivity contribution in [2.24, 2.45) is 23.7 Å². The van der Waals surface area contributed by atoms with Crippen LogP contribution in [0.5, 0.6) is 0 Å². The average molecular weight is 475 g/mol. The zero-order valence-electron chi connectivity index (χ0n) is 22.2. The van der Waals surface area contributed by atoms with Gasteiger partial charge < -0.3 is 0 Å². The Bertz CT molecular complexity index is 897. The highest BCUT2D eigenvalue weighted by molar-refractivity contribution is 5.25. The summed E-state index contributed by atoms with van der Waals surface area (Å²) in [6.45, 7) is 4.43. The van der Waals surface area contributed by atoms with Gasteiger partial charge in [0, 0.05) is 0 Å². The van der Waals surface area contributed by atoms with E-state index < -0.39 is 0 Å². The van der Waals surface area contributed by atoms with E-state index in [9.17, 15) is 4.39 Å². The average Bonchev–Trinajstić information content (AvgIpc) is 2.90. The molecule has 2 fully saturated rings. The van der Waals surface area contributed by atoms with E-state index >= 15 is 0 Å². The van der Waals surface area contributed by atoms with Crippen LogP contribution in [0.25, 0.3) is 0 Å². The maximum Gasteiger partial charge on any atom is 0.126 e. The fourth-order valence-electron chi connectivity index (χ4n) is 6.99. The first-order valence-corrected chi connectivity index (χ1v) is 14.6. The molecule has 0 N–H and O–H groups in total. The third-order valence-corrected chi connectivity index (χ3v) is 9.28. The number of benzene rings is 2. The standard InChI is InChI=1S/C34H47F/c1-3-4-6-11-33-23-18-29(25-34(33)35)13-12-27-14-19-31(20-15-27)32-21-16-28(17-22-32)24-26(2)30-9-7-5-8-10-30/h3-5,7-10,18,23,25-28,31-32H,6,11-17,19-22,24H2,1-2H3/b4-3+/t26-,27?,28?,31?,32?/m1/s1. The zero-order chi connectivity index (χ0) is 24.5. The smallest absolute Gasteiger partial charge is 0.126 e. The number of halogens is 1. The first-order valence-electron chi connectivity index (χ1n) is 14.6. The maximum atomic E-state index is 14.5. The molecule has 0 unspecified atom stereocenters. The summed E-state index contributed by atoms with van der Waals surface area (Å²) < 4.78 is 14.5. The van der Waals surface area contributed by atoms with Gasteiger partial charge in [-0.1, -0.05) is 87.2 Å². The summed E-state index contributed by atoms with van der Waals surface area (Å²) in [5.74, 6) is 4.39. The summed E-state index contributed by atoms with van der Waals surface area (Å²) in [7, 11) is 0. The molecule has 1 atom stereocenters. The molecule has 35 heavy (non-hydrogen) atoms. The van der Waals surface area contributed by atoms with E-state index in [-0.39, 0.29) is 5.82 Å². The zero-order valence-corrected chi connectivity index (χ0v) is 22.2. The van der Waals surface area contributed by atoms with Crippen molar-refractivity contribution in [2.45, 2.75) is 103 Å². The molecule has 2 aliphatic rings. The lowest BCUT2D eigenvalue weighted by molar-refractivity contribution is 0.139. The minimum Gasteiger partial charge on any atom is -0.207 e. The van der Waals surface area contributed by atoms with E-state index in [1.165, 1.54) is 75.3 Å². The maximum absolute atomic E-state index is 14.5. The van der Waals surface area contributed by atoms with Crippen LogP contribution < -0.4 is 0 Å². The third-order valence-electron chi connectivity index (χ3n) is 9.28. The normalized spacial score (nSPS) is 26.1. The molecular formula is C34H47F. The second-order valence-corrected chi connectivity index (χ2v) is 11.7. The Morgan fingerprint density at radius 3 is 2.11 bits per heavy atom. The fourth-order valence-corrected chi connectivity index (χ4v) is 6.99. The van der Waals surface area contributed by atoms with Gasteiger partial charge in [-0.3, -0.25) is 0 Å². The number of hydrogen-bond acceptors (Lipinski definition) is 0. The summed E-state index contributed by atoms with van der Waals surface area (Å²) in [4.78, 5) is 0. The van der Waals surface area contributed by atoms with Gasteiger partial charge in [-0.25, -0.2) is 4.39 Å². The second kappa shape index (κ2) is 13.4. The number of aryl methyl sites for hydroxylation is 2. The van der Waals surface area contributed by atoms with E-state index in [0.717, 1.165) is 48.5 Å². The van der Waals surface area contributed by atoms with Crippen LogP contribution in [0, 0.1) is 29.5 Å². The Balaban J connectivity index is 1.14. The lowest BCUT2D eigenvalue weighted by Gasteiger charge is -2.38. The largest absolute Gasteiger partial charge is 0.207 e. The molecule has 0 radical (unpaired) electrons. The van der Waals surface area contributed by atoms with Crippen LogP contribution >= 0.6 is 0 Å². The van der Waals surface area contributed by atoms with Gasteiger partial charge in [-0.05, 0) is 117 Å². The van der Waals surface area contributed by atoms with Crippen molar-refractivity contribution in [1.82, 2.24) is 0 Å². The number of hydrogen-bond donors (Lipinski definition) is 0. The van der Waals surface area contributed by atoms with Crippen LogP contribution in [0.3, 0.4) is 0 Å². The molecule has 0 bridgehead atoms. The highest BCUT2D eigenvalue weighted by Gasteiger charge is 2.31. The molecule has 1 heteroatoms. The van der Waals surface area contributed by atoms with Crippen LogP contribution in [-0.2, 0) is 12.8 Å². The van der Waals surface area contributed by atoms with Gasteiger partial charge in [0.1, 0.15) is 5.82 Å². The van der Waals surface area contributed by atoms with Crippen LogP contribution in [0.15, 0.2) is 60.7 Å². The van der Waals surface area contributed by atoms with Crippen molar-refractivity contribution >= 4 is 0 Å². The van der Waals surface area contributed by atoms with Gasteiger partial charge in [-0.15, -0.1) is 0 Å². The SMILES string of the molecule is C/C=C/CCc1ccc(CCC2CCC(C3CCC(C[C@@H](C)c4ccccc4)CC3)CC2)cc1F. The van der Waals surface area contributed by atoms with Gasteiger partial charge in [-0.2, -0.15) is 0 Å². The van der Waals surface area contributed by atoms with E-state index in [4.69, 9.17) is 0 Å². The Kier molecular flexibility index (Phi) is 10.0. The molecule has 0 amide bonds. The predicted molar refractivity (Wildman–Crippen MR) is 148 cm³/mol. The molecule has 2 aliphatic carbocycles. The lowest BCUT2D eigenvalue weighted by atomic mass is 9.67. The van der Waals surface area contributed by atoms with Gasteiger partial charge >= 0.3 is 0 Å². The molecule has 0 aliphatic heterocycles.